The average molecular weight is 351 g/mol. The molecule has 25 heavy (non-hydrogen) atoms. The summed E-state index contributed by atoms with van der Waals surface area (Å²) in [5, 5.41) is 10.8. The van der Waals surface area contributed by atoms with Crippen molar-refractivity contribution in [2.45, 2.75) is 65.1 Å². The van der Waals surface area contributed by atoms with Crippen LogP contribution in [0.4, 0.5) is 10.5 Å². The van der Waals surface area contributed by atoms with E-state index in [2.05, 4.69) is 6.92 Å². The van der Waals surface area contributed by atoms with Crippen molar-refractivity contribution in [1.29, 1.82) is 0 Å². The van der Waals surface area contributed by atoms with Gasteiger partial charge in [0.1, 0.15) is 5.60 Å². The van der Waals surface area contributed by atoms with E-state index in [-0.39, 0.29) is 11.7 Å². The third-order valence-electron chi connectivity index (χ3n) is 3.69. The summed E-state index contributed by atoms with van der Waals surface area (Å²) in [6.45, 7) is 8.34. The number of nitrogens with two attached hydrogens (primary N) is 1. The van der Waals surface area contributed by atoms with E-state index in [1.54, 1.807) is 17.0 Å². The van der Waals surface area contributed by atoms with Gasteiger partial charge in [-0.1, -0.05) is 25.5 Å². The van der Waals surface area contributed by atoms with Gasteiger partial charge in [-0.25, -0.2) is 4.79 Å². The highest BCUT2D eigenvalue weighted by Crippen LogP contribution is 2.21. The minimum Gasteiger partial charge on any atom is -0.444 e. The van der Waals surface area contributed by atoms with Crippen LogP contribution in [-0.4, -0.2) is 34.1 Å². The number of benzene rings is 1. The number of non-ortho nitro benzene ring substituents is 1. The van der Waals surface area contributed by atoms with E-state index in [9.17, 15) is 14.9 Å². The number of amides is 1. The molecule has 0 aliphatic rings. The van der Waals surface area contributed by atoms with Crippen molar-refractivity contribution in [2.75, 3.05) is 6.54 Å². The van der Waals surface area contributed by atoms with Crippen LogP contribution >= 0.6 is 0 Å². The minimum atomic E-state index is -0.593. The number of carbonyl (C=O) groups is 1. The van der Waals surface area contributed by atoms with Gasteiger partial charge < -0.3 is 15.4 Å². The minimum absolute atomic E-state index is 0.0274. The molecule has 0 spiro atoms. The van der Waals surface area contributed by atoms with Crippen molar-refractivity contribution in [3.8, 4) is 0 Å². The van der Waals surface area contributed by atoms with Crippen molar-refractivity contribution in [1.82, 2.24) is 4.90 Å². The maximum Gasteiger partial charge on any atom is 0.410 e. The molecule has 0 fully saturated rings. The van der Waals surface area contributed by atoms with Crippen LogP contribution in [0.1, 0.15) is 52.5 Å². The molecule has 0 saturated heterocycles. The number of ether oxygens (including phenoxy) is 1. The highest BCUT2D eigenvalue weighted by atomic mass is 16.6. The third-order valence-corrected chi connectivity index (χ3v) is 3.69. The van der Waals surface area contributed by atoms with Gasteiger partial charge in [-0.3, -0.25) is 10.1 Å². The molecular weight excluding hydrogens is 322 g/mol. The van der Waals surface area contributed by atoms with Crippen LogP contribution in [0.15, 0.2) is 24.3 Å². The molecule has 1 aromatic rings. The Kier molecular flexibility index (Phi) is 7.83. The summed E-state index contributed by atoms with van der Waals surface area (Å²) in [6.07, 6.45) is 2.03. The molecule has 0 aromatic heterocycles. The second-order valence-corrected chi connectivity index (χ2v) is 7.05. The summed E-state index contributed by atoms with van der Waals surface area (Å²) in [4.78, 5) is 24.7. The zero-order valence-electron chi connectivity index (χ0n) is 15.5. The molecule has 0 aliphatic heterocycles. The second kappa shape index (κ2) is 9.36. The van der Waals surface area contributed by atoms with Gasteiger partial charge in [-0.2, -0.15) is 0 Å². The zero-order chi connectivity index (χ0) is 19.0. The second-order valence-electron chi connectivity index (χ2n) is 7.05. The lowest BCUT2D eigenvalue weighted by Crippen LogP contribution is -2.43. The number of nitro benzene ring substituents is 1. The molecule has 0 unspecified atom stereocenters. The summed E-state index contributed by atoms with van der Waals surface area (Å²) in [5.41, 5.74) is 5.97. The van der Waals surface area contributed by atoms with Gasteiger partial charge in [0.25, 0.3) is 5.69 Å². The van der Waals surface area contributed by atoms with Crippen LogP contribution in [0.25, 0.3) is 0 Å². The van der Waals surface area contributed by atoms with Gasteiger partial charge in [0.05, 0.1) is 4.92 Å². The lowest BCUT2D eigenvalue weighted by atomic mass is 10.1. The molecule has 0 aliphatic carbocycles. The summed E-state index contributed by atoms with van der Waals surface area (Å²) >= 11 is 0. The van der Waals surface area contributed by atoms with Crippen molar-refractivity contribution in [2.24, 2.45) is 5.73 Å². The molecule has 2 N–H and O–H groups in total. The monoisotopic (exact) mass is 351 g/mol. The van der Waals surface area contributed by atoms with Crippen molar-refractivity contribution >= 4 is 11.8 Å². The molecule has 0 bridgehead atoms. The van der Waals surface area contributed by atoms with E-state index in [0.717, 1.165) is 18.4 Å². The normalized spacial score (nSPS) is 12.5. The van der Waals surface area contributed by atoms with Crippen LogP contribution in [0.5, 0.6) is 0 Å². The number of carbonyl (C=O) groups excluding carboxylic acids is 1. The van der Waals surface area contributed by atoms with Crippen molar-refractivity contribution in [3.63, 3.8) is 0 Å². The quantitative estimate of drug-likeness (QED) is 0.566. The summed E-state index contributed by atoms with van der Waals surface area (Å²) < 4.78 is 5.55. The van der Waals surface area contributed by atoms with E-state index in [0.29, 0.717) is 19.5 Å². The smallest absolute Gasteiger partial charge is 0.410 e. The molecule has 1 aromatic carbocycles. The Labute approximate surface area is 149 Å². The Balaban J connectivity index is 3.03. The molecule has 7 nitrogen and oxygen atoms in total. The van der Waals surface area contributed by atoms with Gasteiger partial charge >= 0.3 is 6.09 Å². The first-order valence-electron chi connectivity index (χ1n) is 8.61. The maximum absolute atomic E-state index is 12.7. The summed E-state index contributed by atoms with van der Waals surface area (Å²) in [5.74, 6) is 0. The van der Waals surface area contributed by atoms with Gasteiger partial charge in [0.2, 0.25) is 0 Å². The van der Waals surface area contributed by atoms with E-state index in [1.807, 2.05) is 20.8 Å². The molecule has 0 heterocycles. The van der Waals surface area contributed by atoms with Crippen LogP contribution in [0, 0.1) is 10.1 Å². The van der Waals surface area contributed by atoms with E-state index >= 15 is 0 Å². The molecule has 0 saturated carbocycles. The standard InChI is InChI=1S/C18H29N3O4/c1-5-6-15(11-12-19)20(17(22)25-18(2,3)4)13-14-7-9-16(10-8-14)21(23)24/h7-10,15H,5-6,11-13,19H2,1-4H3/t15-/m0/s1. The van der Waals surface area contributed by atoms with Gasteiger partial charge in [-0.15, -0.1) is 0 Å². The summed E-state index contributed by atoms with van der Waals surface area (Å²) in [7, 11) is 0. The fourth-order valence-electron chi connectivity index (χ4n) is 2.56. The van der Waals surface area contributed by atoms with Crippen LogP contribution < -0.4 is 5.73 Å². The van der Waals surface area contributed by atoms with Crippen molar-refractivity contribution < 1.29 is 14.5 Å². The molecule has 140 valence electrons. The first-order valence-corrected chi connectivity index (χ1v) is 8.61. The van der Waals surface area contributed by atoms with Gasteiger partial charge in [0, 0.05) is 24.7 Å². The highest BCUT2D eigenvalue weighted by Gasteiger charge is 2.27. The lowest BCUT2D eigenvalue weighted by molar-refractivity contribution is -0.384. The molecule has 7 heteroatoms. The molecule has 1 amide bonds. The first kappa shape index (κ1) is 20.9. The number of nitrogens with zero attached hydrogens (tertiary/aromatic N) is 2. The Hall–Kier alpha value is -2.15. The predicted octanol–water partition coefficient (Wildman–Crippen LogP) is 3.85. The Bertz CT molecular complexity index is 561. The molecule has 1 atom stereocenters. The summed E-state index contributed by atoms with van der Waals surface area (Å²) in [6, 6.07) is 6.20. The van der Waals surface area contributed by atoms with Gasteiger partial charge in [-0.05, 0) is 45.7 Å². The third kappa shape index (κ3) is 7.09. The number of rotatable bonds is 8. The number of hydrogen-bond donors (Lipinski definition) is 1. The zero-order valence-corrected chi connectivity index (χ0v) is 15.5. The Morgan fingerprint density at radius 1 is 1.28 bits per heavy atom. The topological polar surface area (TPSA) is 98.7 Å². The Morgan fingerprint density at radius 3 is 2.32 bits per heavy atom. The van der Waals surface area contributed by atoms with E-state index < -0.39 is 16.6 Å². The predicted molar refractivity (Wildman–Crippen MR) is 97.2 cm³/mol. The molecule has 0 radical (unpaired) electrons. The fourth-order valence-corrected chi connectivity index (χ4v) is 2.56. The van der Waals surface area contributed by atoms with Gasteiger partial charge in [0.15, 0.2) is 0 Å². The van der Waals surface area contributed by atoms with Crippen LogP contribution in [0.3, 0.4) is 0 Å². The first-order chi connectivity index (χ1) is 11.7. The molecule has 1 rings (SSSR count). The fraction of sp³-hybridized carbons (Fsp3) is 0.611. The number of hydrogen-bond acceptors (Lipinski definition) is 5. The van der Waals surface area contributed by atoms with E-state index in [4.69, 9.17) is 10.5 Å². The average Bonchev–Trinajstić information content (AvgIpc) is 2.51. The molecular formula is C18H29N3O4. The van der Waals surface area contributed by atoms with Crippen LogP contribution in [-0.2, 0) is 11.3 Å². The Morgan fingerprint density at radius 2 is 1.88 bits per heavy atom. The highest BCUT2D eigenvalue weighted by molar-refractivity contribution is 5.68. The largest absolute Gasteiger partial charge is 0.444 e. The van der Waals surface area contributed by atoms with Crippen molar-refractivity contribution in [3.05, 3.63) is 39.9 Å². The SMILES string of the molecule is CCC[C@@H](CCN)N(Cc1ccc([N+](=O)[O-])cc1)C(=O)OC(C)(C)C. The number of nitro groups is 1. The van der Waals surface area contributed by atoms with E-state index in [1.165, 1.54) is 12.1 Å². The van der Waals surface area contributed by atoms with Crippen LogP contribution in [0.2, 0.25) is 0 Å². The maximum atomic E-state index is 12.7. The lowest BCUT2D eigenvalue weighted by Gasteiger charge is -2.33.